The summed E-state index contributed by atoms with van der Waals surface area (Å²) >= 11 is 0. The highest BCUT2D eigenvalue weighted by Gasteiger charge is 2.14. The topological polar surface area (TPSA) is 49.6 Å². The van der Waals surface area contributed by atoms with Crippen molar-refractivity contribution in [3.05, 3.63) is 29.6 Å². The second kappa shape index (κ2) is 7.09. The Labute approximate surface area is 114 Å². The lowest BCUT2D eigenvalue weighted by Gasteiger charge is -2.23. The zero-order valence-electron chi connectivity index (χ0n) is 11.8. The van der Waals surface area contributed by atoms with Crippen molar-refractivity contribution in [3.8, 4) is 0 Å². The summed E-state index contributed by atoms with van der Waals surface area (Å²) in [6.45, 7) is 3.50. The molecule has 0 saturated carbocycles. The van der Waals surface area contributed by atoms with E-state index in [0.29, 0.717) is 24.3 Å². The molecule has 1 aromatic rings. The first-order valence-corrected chi connectivity index (χ1v) is 6.40. The van der Waals surface area contributed by atoms with Gasteiger partial charge in [-0.2, -0.15) is 0 Å². The molecule has 0 aliphatic rings. The molecule has 0 bridgehead atoms. The molecule has 5 heteroatoms. The molecule has 1 rings (SSSR count). The van der Waals surface area contributed by atoms with Crippen molar-refractivity contribution in [3.63, 3.8) is 0 Å². The number of benzene rings is 1. The van der Waals surface area contributed by atoms with Gasteiger partial charge in [-0.15, -0.1) is 0 Å². The summed E-state index contributed by atoms with van der Waals surface area (Å²) in [6, 6.07) is 4.66. The highest BCUT2D eigenvalue weighted by atomic mass is 19.1. The first-order valence-electron chi connectivity index (χ1n) is 6.40. The molecule has 0 heterocycles. The van der Waals surface area contributed by atoms with Crippen molar-refractivity contribution in [2.45, 2.75) is 19.9 Å². The Morgan fingerprint density at radius 3 is 2.58 bits per heavy atom. The van der Waals surface area contributed by atoms with Gasteiger partial charge < -0.3 is 10.6 Å². The fourth-order valence-corrected chi connectivity index (χ4v) is 1.80. The lowest BCUT2D eigenvalue weighted by Crippen LogP contribution is -2.36. The molecule has 0 aliphatic heterocycles. The van der Waals surface area contributed by atoms with E-state index >= 15 is 0 Å². The zero-order chi connectivity index (χ0) is 14.4. The van der Waals surface area contributed by atoms with Gasteiger partial charge >= 0.3 is 0 Å². The third kappa shape index (κ3) is 4.87. The van der Waals surface area contributed by atoms with Crippen molar-refractivity contribution < 1.29 is 9.18 Å². The number of amides is 1. The molecule has 19 heavy (non-hydrogen) atoms. The largest absolute Gasteiger partial charge is 0.399 e. The Kier molecular flexibility index (Phi) is 5.76. The fourth-order valence-electron chi connectivity index (χ4n) is 1.80. The van der Waals surface area contributed by atoms with Crippen LogP contribution in [0.1, 0.15) is 18.9 Å². The standard InChI is InChI=1S/C14H22FN3O/c1-4-7-18(10-14(19)17(2)3)9-11-5-6-12(16)8-13(11)15/h5-6,8H,4,7,9-10,16H2,1-3H3. The number of carbonyl (C=O) groups excluding carboxylic acids is 1. The predicted octanol–water partition coefficient (Wildman–Crippen LogP) is 1.71. The molecule has 0 fully saturated rings. The van der Waals surface area contributed by atoms with E-state index < -0.39 is 0 Å². The number of hydrogen-bond acceptors (Lipinski definition) is 3. The molecule has 0 saturated heterocycles. The second-order valence-electron chi connectivity index (χ2n) is 4.85. The van der Waals surface area contributed by atoms with Crippen LogP contribution in [0.4, 0.5) is 10.1 Å². The molecule has 0 aromatic heterocycles. The van der Waals surface area contributed by atoms with E-state index in [1.165, 1.54) is 6.07 Å². The van der Waals surface area contributed by atoms with E-state index in [0.717, 1.165) is 13.0 Å². The lowest BCUT2D eigenvalue weighted by molar-refractivity contribution is -0.130. The van der Waals surface area contributed by atoms with Gasteiger partial charge in [-0.25, -0.2) is 4.39 Å². The van der Waals surface area contributed by atoms with E-state index in [9.17, 15) is 9.18 Å². The van der Waals surface area contributed by atoms with Crippen molar-refractivity contribution in [2.24, 2.45) is 0 Å². The molecular weight excluding hydrogens is 245 g/mol. The maximum Gasteiger partial charge on any atom is 0.236 e. The van der Waals surface area contributed by atoms with Crippen LogP contribution in [0.15, 0.2) is 18.2 Å². The number of likely N-dealkylation sites (N-methyl/N-ethyl adjacent to an activating group) is 1. The number of anilines is 1. The molecule has 4 nitrogen and oxygen atoms in total. The number of rotatable bonds is 6. The number of carbonyl (C=O) groups is 1. The van der Waals surface area contributed by atoms with Crippen LogP contribution in [0, 0.1) is 5.82 Å². The maximum absolute atomic E-state index is 13.7. The van der Waals surface area contributed by atoms with Crippen LogP contribution < -0.4 is 5.73 Å². The molecule has 1 amide bonds. The molecule has 0 aliphatic carbocycles. The van der Waals surface area contributed by atoms with Gasteiger partial charge in [-0.05, 0) is 25.1 Å². The minimum atomic E-state index is -0.321. The summed E-state index contributed by atoms with van der Waals surface area (Å²) in [5, 5.41) is 0. The molecular formula is C14H22FN3O. The van der Waals surface area contributed by atoms with Gasteiger partial charge in [-0.1, -0.05) is 13.0 Å². The number of nitrogens with zero attached hydrogens (tertiary/aromatic N) is 2. The third-order valence-electron chi connectivity index (χ3n) is 2.87. The lowest BCUT2D eigenvalue weighted by atomic mass is 10.1. The molecule has 0 unspecified atom stereocenters. The van der Waals surface area contributed by atoms with E-state index in [-0.39, 0.29) is 11.7 Å². The highest BCUT2D eigenvalue weighted by molar-refractivity contribution is 5.77. The van der Waals surface area contributed by atoms with Gasteiger partial charge in [0.05, 0.1) is 6.54 Å². The summed E-state index contributed by atoms with van der Waals surface area (Å²) in [4.78, 5) is 15.2. The van der Waals surface area contributed by atoms with Crippen molar-refractivity contribution >= 4 is 11.6 Å². The molecule has 2 N–H and O–H groups in total. The SMILES string of the molecule is CCCN(CC(=O)N(C)C)Cc1ccc(N)cc1F. The minimum absolute atomic E-state index is 0.0179. The van der Waals surface area contributed by atoms with Crippen LogP contribution in [0.2, 0.25) is 0 Å². The van der Waals surface area contributed by atoms with Crippen LogP contribution in [0.3, 0.4) is 0 Å². The fraction of sp³-hybridized carbons (Fsp3) is 0.500. The summed E-state index contributed by atoms with van der Waals surface area (Å²) in [5.41, 5.74) is 6.50. The summed E-state index contributed by atoms with van der Waals surface area (Å²) in [7, 11) is 3.44. The molecule has 1 aromatic carbocycles. The van der Waals surface area contributed by atoms with Crippen LogP contribution in [0.5, 0.6) is 0 Å². The molecule has 0 atom stereocenters. The highest BCUT2D eigenvalue weighted by Crippen LogP contribution is 2.14. The molecule has 106 valence electrons. The van der Waals surface area contributed by atoms with Crippen molar-refractivity contribution in [1.82, 2.24) is 9.80 Å². The maximum atomic E-state index is 13.7. The first kappa shape index (κ1) is 15.4. The number of nitrogens with two attached hydrogens (primary N) is 1. The Hall–Kier alpha value is -1.62. The average Bonchev–Trinajstić information content (AvgIpc) is 2.32. The zero-order valence-corrected chi connectivity index (χ0v) is 11.8. The van der Waals surface area contributed by atoms with Gasteiger partial charge in [-0.3, -0.25) is 9.69 Å². The molecule has 0 spiro atoms. The summed E-state index contributed by atoms with van der Waals surface area (Å²) < 4.78 is 13.7. The van der Waals surface area contributed by atoms with E-state index in [2.05, 4.69) is 0 Å². The predicted molar refractivity (Wildman–Crippen MR) is 75.1 cm³/mol. The van der Waals surface area contributed by atoms with Crippen molar-refractivity contribution in [2.75, 3.05) is 32.9 Å². The van der Waals surface area contributed by atoms with Crippen LogP contribution >= 0.6 is 0 Å². The number of nitrogen functional groups attached to an aromatic ring is 1. The van der Waals surface area contributed by atoms with E-state index in [1.807, 2.05) is 11.8 Å². The number of halogens is 1. The van der Waals surface area contributed by atoms with Gasteiger partial charge in [0.1, 0.15) is 5.82 Å². The Balaban J connectivity index is 2.74. The smallest absolute Gasteiger partial charge is 0.236 e. The normalized spacial score (nSPS) is 10.8. The Bertz CT molecular complexity index is 435. The van der Waals surface area contributed by atoms with Crippen LogP contribution in [0.25, 0.3) is 0 Å². The second-order valence-corrected chi connectivity index (χ2v) is 4.85. The van der Waals surface area contributed by atoms with Gasteiger partial charge in [0, 0.05) is 31.9 Å². The quantitative estimate of drug-likeness (QED) is 0.798. The van der Waals surface area contributed by atoms with Gasteiger partial charge in [0.15, 0.2) is 0 Å². The Morgan fingerprint density at radius 1 is 1.37 bits per heavy atom. The van der Waals surface area contributed by atoms with E-state index in [4.69, 9.17) is 5.73 Å². The number of hydrogen-bond donors (Lipinski definition) is 1. The first-order chi connectivity index (χ1) is 8.93. The summed E-state index contributed by atoms with van der Waals surface area (Å²) in [5.74, 6) is -0.303. The molecule has 0 radical (unpaired) electrons. The van der Waals surface area contributed by atoms with Gasteiger partial charge in [0.25, 0.3) is 0 Å². The van der Waals surface area contributed by atoms with Crippen LogP contribution in [-0.2, 0) is 11.3 Å². The van der Waals surface area contributed by atoms with Crippen molar-refractivity contribution in [1.29, 1.82) is 0 Å². The summed E-state index contributed by atoms with van der Waals surface area (Å²) in [6.07, 6.45) is 0.914. The monoisotopic (exact) mass is 267 g/mol. The van der Waals surface area contributed by atoms with Gasteiger partial charge in [0.2, 0.25) is 5.91 Å². The van der Waals surface area contributed by atoms with E-state index in [1.54, 1.807) is 31.1 Å². The van der Waals surface area contributed by atoms with Crippen LogP contribution in [-0.4, -0.2) is 42.9 Å². The average molecular weight is 267 g/mol. The minimum Gasteiger partial charge on any atom is -0.399 e. The third-order valence-corrected chi connectivity index (χ3v) is 2.87. The Morgan fingerprint density at radius 2 is 2.05 bits per heavy atom.